The largest absolute Gasteiger partial charge is 0.492 e. The number of hydrogen-bond donors (Lipinski definition) is 2. The zero-order valence-corrected chi connectivity index (χ0v) is 12.8. The van der Waals surface area contributed by atoms with Crippen LogP contribution >= 0.6 is 0 Å². The minimum Gasteiger partial charge on any atom is -0.492 e. The normalized spacial score (nSPS) is 9.88. The van der Waals surface area contributed by atoms with Gasteiger partial charge >= 0.3 is 11.8 Å². The first-order chi connectivity index (χ1) is 11.5. The Balaban J connectivity index is 2.11. The molecular formula is C16H15N3O5. The number of anilines is 2. The van der Waals surface area contributed by atoms with Gasteiger partial charge in [-0.3, -0.25) is 19.7 Å². The Morgan fingerprint density at radius 2 is 1.54 bits per heavy atom. The number of benzene rings is 2. The molecular weight excluding hydrogens is 314 g/mol. The van der Waals surface area contributed by atoms with E-state index in [1.54, 1.807) is 31.2 Å². The van der Waals surface area contributed by atoms with Crippen molar-refractivity contribution in [3.8, 4) is 5.75 Å². The van der Waals surface area contributed by atoms with Crippen molar-refractivity contribution in [3.63, 3.8) is 0 Å². The molecule has 2 N–H and O–H groups in total. The fourth-order valence-electron chi connectivity index (χ4n) is 1.95. The van der Waals surface area contributed by atoms with Gasteiger partial charge in [-0.15, -0.1) is 0 Å². The van der Waals surface area contributed by atoms with Crippen LogP contribution in [0.25, 0.3) is 0 Å². The molecule has 0 aliphatic heterocycles. The topological polar surface area (TPSA) is 111 Å². The van der Waals surface area contributed by atoms with Gasteiger partial charge in [-0.1, -0.05) is 24.3 Å². The molecule has 8 heteroatoms. The van der Waals surface area contributed by atoms with Gasteiger partial charge < -0.3 is 15.4 Å². The number of para-hydroxylation sites is 4. The zero-order valence-electron chi connectivity index (χ0n) is 12.8. The van der Waals surface area contributed by atoms with Gasteiger partial charge in [0.2, 0.25) is 0 Å². The lowest BCUT2D eigenvalue weighted by Gasteiger charge is -2.11. The maximum Gasteiger partial charge on any atom is 0.314 e. The first-order valence-electron chi connectivity index (χ1n) is 7.10. The highest BCUT2D eigenvalue weighted by Gasteiger charge is 2.20. The summed E-state index contributed by atoms with van der Waals surface area (Å²) in [5.74, 6) is -1.55. The van der Waals surface area contributed by atoms with E-state index < -0.39 is 16.7 Å². The molecule has 0 unspecified atom stereocenters. The molecule has 0 atom stereocenters. The molecule has 0 spiro atoms. The second-order valence-electron chi connectivity index (χ2n) is 4.61. The number of nitrogens with zero attached hydrogens (tertiary/aromatic N) is 1. The highest BCUT2D eigenvalue weighted by atomic mass is 16.6. The summed E-state index contributed by atoms with van der Waals surface area (Å²) in [5, 5.41) is 15.6. The lowest BCUT2D eigenvalue weighted by Crippen LogP contribution is -2.29. The van der Waals surface area contributed by atoms with Crippen LogP contribution in [0, 0.1) is 10.1 Å². The Morgan fingerprint density at radius 3 is 2.17 bits per heavy atom. The predicted octanol–water partition coefficient (Wildman–Crippen LogP) is 2.57. The molecule has 0 aromatic heterocycles. The van der Waals surface area contributed by atoms with Crippen LogP contribution < -0.4 is 15.4 Å². The highest BCUT2D eigenvalue weighted by Crippen LogP contribution is 2.25. The van der Waals surface area contributed by atoms with Gasteiger partial charge in [0.1, 0.15) is 11.4 Å². The van der Waals surface area contributed by atoms with E-state index in [0.29, 0.717) is 18.0 Å². The van der Waals surface area contributed by atoms with E-state index >= 15 is 0 Å². The van der Waals surface area contributed by atoms with Crippen LogP contribution in [-0.2, 0) is 9.59 Å². The van der Waals surface area contributed by atoms with E-state index in [-0.39, 0.29) is 11.4 Å². The van der Waals surface area contributed by atoms with Crippen LogP contribution in [0.5, 0.6) is 5.75 Å². The Labute approximate surface area is 137 Å². The fraction of sp³-hybridized carbons (Fsp3) is 0.125. The quantitative estimate of drug-likeness (QED) is 0.497. The van der Waals surface area contributed by atoms with E-state index in [1.807, 2.05) is 0 Å². The summed E-state index contributed by atoms with van der Waals surface area (Å²) in [6, 6.07) is 12.2. The number of amides is 2. The molecule has 0 radical (unpaired) electrons. The maximum atomic E-state index is 12.0. The van der Waals surface area contributed by atoms with E-state index in [9.17, 15) is 19.7 Å². The van der Waals surface area contributed by atoms with Crippen molar-refractivity contribution in [1.29, 1.82) is 0 Å². The van der Waals surface area contributed by atoms with Gasteiger partial charge in [-0.25, -0.2) is 0 Å². The summed E-state index contributed by atoms with van der Waals surface area (Å²) < 4.78 is 5.35. The molecule has 0 saturated carbocycles. The van der Waals surface area contributed by atoms with Crippen molar-refractivity contribution >= 4 is 28.9 Å². The van der Waals surface area contributed by atoms with Crippen LogP contribution in [0.3, 0.4) is 0 Å². The van der Waals surface area contributed by atoms with Crippen LogP contribution in [0.15, 0.2) is 48.5 Å². The van der Waals surface area contributed by atoms with Gasteiger partial charge in [0.05, 0.1) is 17.2 Å². The molecule has 8 nitrogen and oxygen atoms in total. The van der Waals surface area contributed by atoms with Gasteiger partial charge in [0.25, 0.3) is 5.69 Å². The van der Waals surface area contributed by atoms with Crippen LogP contribution in [0.4, 0.5) is 17.1 Å². The van der Waals surface area contributed by atoms with Crippen LogP contribution in [0.2, 0.25) is 0 Å². The minimum absolute atomic E-state index is 0.0549. The molecule has 0 heterocycles. The molecule has 0 aliphatic rings. The van der Waals surface area contributed by atoms with Crippen molar-refractivity contribution < 1.29 is 19.2 Å². The first-order valence-corrected chi connectivity index (χ1v) is 7.10. The SMILES string of the molecule is CCOc1ccccc1NC(=O)C(=O)Nc1ccccc1[N+](=O)[O-]. The van der Waals surface area contributed by atoms with E-state index in [1.165, 1.54) is 24.3 Å². The van der Waals surface area contributed by atoms with Gasteiger partial charge in [-0.2, -0.15) is 0 Å². The van der Waals surface area contributed by atoms with E-state index in [4.69, 9.17) is 4.74 Å². The number of rotatable bonds is 5. The third-order valence-electron chi connectivity index (χ3n) is 2.99. The van der Waals surface area contributed by atoms with Gasteiger partial charge in [-0.05, 0) is 25.1 Å². The Morgan fingerprint density at radius 1 is 1.00 bits per heavy atom. The molecule has 0 aliphatic carbocycles. The number of hydrogen-bond acceptors (Lipinski definition) is 5. The zero-order chi connectivity index (χ0) is 17.5. The van der Waals surface area contributed by atoms with Crippen molar-refractivity contribution in [3.05, 3.63) is 58.6 Å². The average Bonchev–Trinajstić information content (AvgIpc) is 2.57. The third-order valence-corrected chi connectivity index (χ3v) is 2.99. The van der Waals surface area contributed by atoms with E-state index in [0.717, 1.165) is 0 Å². The van der Waals surface area contributed by atoms with Crippen LogP contribution in [0.1, 0.15) is 6.92 Å². The fourth-order valence-corrected chi connectivity index (χ4v) is 1.95. The Hall–Kier alpha value is -3.42. The number of carbonyl (C=O) groups excluding carboxylic acids is 2. The highest BCUT2D eigenvalue weighted by molar-refractivity contribution is 6.44. The molecule has 0 bridgehead atoms. The van der Waals surface area contributed by atoms with Crippen molar-refractivity contribution in [2.24, 2.45) is 0 Å². The molecule has 0 saturated heterocycles. The number of nitrogens with one attached hydrogen (secondary N) is 2. The summed E-state index contributed by atoms with van der Waals surface area (Å²) in [7, 11) is 0. The molecule has 2 aromatic rings. The first kappa shape index (κ1) is 16.9. The Kier molecular flexibility index (Phi) is 5.45. The Bertz CT molecular complexity index is 776. The molecule has 2 rings (SSSR count). The smallest absolute Gasteiger partial charge is 0.314 e. The lowest BCUT2D eigenvalue weighted by atomic mass is 10.2. The molecule has 2 aromatic carbocycles. The third kappa shape index (κ3) is 4.07. The maximum absolute atomic E-state index is 12.0. The standard InChI is InChI=1S/C16H15N3O5/c1-2-24-14-10-6-4-8-12(14)18-16(21)15(20)17-11-7-3-5-9-13(11)19(22)23/h3-10H,2H2,1H3,(H,17,20)(H,18,21). The summed E-state index contributed by atoms with van der Waals surface area (Å²) in [5.41, 5.74) is -0.0174. The molecule has 0 fully saturated rings. The van der Waals surface area contributed by atoms with Crippen molar-refractivity contribution in [2.45, 2.75) is 6.92 Å². The second kappa shape index (κ2) is 7.73. The average molecular weight is 329 g/mol. The summed E-state index contributed by atoms with van der Waals surface area (Å²) in [6.07, 6.45) is 0. The summed E-state index contributed by atoms with van der Waals surface area (Å²) >= 11 is 0. The van der Waals surface area contributed by atoms with Crippen molar-refractivity contribution in [2.75, 3.05) is 17.2 Å². The number of carbonyl (C=O) groups is 2. The van der Waals surface area contributed by atoms with Crippen molar-refractivity contribution in [1.82, 2.24) is 0 Å². The van der Waals surface area contributed by atoms with Gasteiger partial charge in [0, 0.05) is 6.07 Å². The summed E-state index contributed by atoms with van der Waals surface area (Å²) in [6.45, 7) is 2.19. The predicted molar refractivity (Wildman–Crippen MR) is 88.0 cm³/mol. The summed E-state index contributed by atoms with van der Waals surface area (Å²) in [4.78, 5) is 34.3. The number of nitro benzene ring substituents is 1. The van der Waals surface area contributed by atoms with E-state index in [2.05, 4.69) is 10.6 Å². The lowest BCUT2D eigenvalue weighted by molar-refractivity contribution is -0.383. The molecule has 124 valence electrons. The van der Waals surface area contributed by atoms with Gasteiger partial charge in [0.15, 0.2) is 0 Å². The number of nitro groups is 1. The molecule has 24 heavy (non-hydrogen) atoms. The number of ether oxygens (including phenoxy) is 1. The van der Waals surface area contributed by atoms with Crippen LogP contribution in [-0.4, -0.2) is 23.3 Å². The molecule has 2 amide bonds. The minimum atomic E-state index is -1.02. The monoisotopic (exact) mass is 329 g/mol. The second-order valence-corrected chi connectivity index (χ2v) is 4.61.